The summed E-state index contributed by atoms with van der Waals surface area (Å²) >= 11 is 0. The van der Waals surface area contributed by atoms with E-state index in [-0.39, 0.29) is 0 Å². The number of hydrogen-bond acceptors (Lipinski definition) is 9. The predicted molar refractivity (Wildman–Crippen MR) is 469 cm³/mol. The molecule has 0 saturated carbocycles. The SMILES string of the molecule is Cc1ccc2ccc3c(-c4ccc(-c5ccc(-c6nc(-c7ccccc7)cc(-c7ccc(-c8ccccc8)cc7)n6)cc5)cc4)cc(-c4ccccc4)nc3c2n1.Cc1ccc2ccc3c(-c4ccc(-c5ccc(-c6nc(-c7ccccc7)nc(-c7ccc(-c8ccccc8)cc7)n6)cc5)cc4)cc(-c4ccccc4)nc3c2n1. The molecule has 6 aromatic heterocycles. The van der Waals surface area contributed by atoms with E-state index in [4.69, 9.17) is 44.9 Å². The van der Waals surface area contributed by atoms with Crippen molar-refractivity contribution in [1.82, 2.24) is 44.9 Å². The number of pyridine rings is 4. The van der Waals surface area contributed by atoms with Gasteiger partial charge in [-0.3, -0.25) is 9.97 Å². The third-order valence-corrected chi connectivity index (χ3v) is 21.0. The third kappa shape index (κ3) is 14.4. The molecule has 0 aliphatic heterocycles. The van der Waals surface area contributed by atoms with Crippen molar-refractivity contribution in [3.63, 3.8) is 0 Å². The largest absolute Gasteiger partial charge is 0.251 e. The second kappa shape index (κ2) is 30.7. The van der Waals surface area contributed by atoms with Crippen LogP contribution in [0.25, 0.3) is 201 Å². The number of rotatable bonds is 14. The van der Waals surface area contributed by atoms with E-state index in [0.29, 0.717) is 23.3 Å². The van der Waals surface area contributed by atoms with Crippen LogP contribution in [0.15, 0.2) is 394 Å². The summed E-state index contributed by atoms with van der Waals surface area (Å²) in [5, 5.41) is 4.33. The number of aryl methyl sites for hydroxylation is 2. The van der Waals surface area contributed by atoms with Gasteiger partial charge >= 0.3 is 0 Å². The second-order valence-electron chi connectivity index (χ2n) is 28.5. The van der Waals surface area contributed by atoms with E-state index in [1.807, 2.05) is 86.6 Å². The minimum Gasteiger partial charge on any atom is -0.251 e. The highest BCUT2D eigenvalue weighted by atomic mass is 15.0. The Kier molecular flexibility index (Phi) is 18.7. The van der Waals surface area contributed by atoms with Crippen molar-refractivity contribution in [2.75, 3.05) is 0 Å². The van der Waals surface area contributed by atoms with Crippen LogP contribution in [0, 0.1) is 13.8 Å². The topological polar surface area (TPSA) is 116 Å². The first-order valence-corrected chi connectivity index (χ1v) is 38.3. The van der Waals surface area contributed by atoms with Crippen LogP contribution >= 0.6 is 0 Å². The standard InChI is InChI=1S/C53H36N4.C52H35N5/c1-35-17-18-44-31-32-46-47(33-48(41-13-7-3-8-14-41)55-52(46)51(44)54-35)40-25-19-38(20-26-40)39-23-29-45(30-24-39)53-56-49(42-15-9-4-10-16-42)34-50(57-53)43-27-21-37(22-28-43)36-11-5-2-6-12-36;1-34-17-18-41-31-32-45-46(33-47(40-13-7-3-8-14-40)54-49(45)48(41)53-34)39-25-19-37(20-26-39)38-23-29-44(30-24-38)52-56-50(42-15-9-4-10-16-42)55-51(57-52)43-27-21-36(22-28-43)35-11-5-2-6-12-35/h2-34H,1H3;2-33H,1H3. The molecule has 0 aliphatic carbocycles. The first-order chi connectivity index (χ1) is 56.2. The summed E-state index contributed by atoms with van der Waals surface area (Å²) in [6.07, 6.45) is 0. The smallest absolute Gasteiger partial charge is 0.164 e. The first kappa shape index (κ1) is 69.3. The van der Waals surface area contributed by atoms with Gasteiger partial charge in [-0.1, -0.05) is 364 Å². The van der Waals surface area contributed by atoms with E-state index in [1.165, 1.54) is 16.7 Å². The molecule has 114 heavy (non-hydrogen) atoms. The highest BCUT2D eigenvalue weighted by Crippen LogP contribution is 2.41. The minimum absolute atomic E-state index is 0.629. The lowest BCUT2D eigenvalue weighted by Crippen LogP contribution is -2.00. The fraction of sp³-hybridized carbons (Fsp3) is 0.0190. The molecule has 0 unspecified atom stereocenters. The molecule has 0 N–H and O–H groups in total. The Morgan fingerprint density at radius 1 is 0.149 bits per heavy atom. The maximum Gasteiger partial charge on any atom is 0.164 e. The average Bonchev–Trinajstić information content (AvgIpc) is 0.760. The Balaban J connectivity index is 0.000000153. The van der Waals surface area contributed by atoms with Gasteiger partial charge in [0.2, 0.25) is 0 Å². The molecule has 0 spiro atoms. The van der Waals surface area contributed by atoms with Crippen molar-refractivity contribution >= 4 is 43.6 Å². The molecule has 0 radical (unpaired) electrons. The molecule has 536 valence electrons. The van der Waals surface area contributed by atoms with Gasteiger partial charge in [0, 0.05) is 77.4 Å². The van der Waals surface area contributed by atoms with Crippen molar-refractivity contribution in [2.24, 2.45) is 0 Å². The minimum atomic E-state index is 0.629. The van der Waals surface area contributed by atoms with E-state index in [1.54, 1.807) is 0 Å². The zero-order valence-corrected chi connectivity index (χ0v) is 62.6. The predicted octanol–water partition coefficient (Wildman–Crippen LogP) is 26.5. The van der Waals surface area contributed by atoms with Gasteiger partial charge in [0.25, 0.3) is 0 Å². The van der Waals surface area contributed by atoms with Crippen molar-refractivity contribution in [3.05, 3.63) is 406 Å². The van der Waals surface area contributed by atoms with Crippen LogP contribution in [-0.4, -0.2) is 44.9 Å². The Hall–Kier alpha value is -15.2. The van der Waals surface area contributed by atoms with Crippen LogP contribution in [0.1, 0.15) is 11.4 Å². The number of nitrogens with zero attached hydrogens (tertiary/aromatic N) is 9. The van der Waals surface area contributed by atoms with E-state index in [2.05, 4.69) is 322 Å². The monoisotopic (exact) mass is 1460 g/mol. The lowest BCUT2D eigenvalue weighted by molar-refractivity contribution is 1.07. The molecular formula is C105H71N9. The van der Waals surface area contributed by atoms with Gasteiger partial charge in [-0.2, -0.15) is 0 Å². The van der Waals surface area contributed by atoms with Crippen LogP contribution in [0.2, 0.25) is 0 Å². The quantitative estimate of drug-likeness (QED) is 0.0981. The van der Waals surface area contributed by atoms with Crippen molar-refractivity contribution in [3.8, 4) is 157 Å². The maximum absolute atomic E-state index is 5.19. The number of benzene rings is 14. The maximum atomic E-state index is 5.19. The Morgan fingerprint density at radius 3 is 0.684 bits per heavy atom. The van der Waals surface area contributed by atoms with E-state index in [9.17, 15) is 0 Å². The lowest BCUT2D eigenvalue weighted by atomic mass is 9.95. The molecular weight excluding hydrogens is 1390 g/mol. The first-order valence-electron chi connectivity index (χ1n) is 38.3. The van der Waals surface area contributed by atoms with Crippen LogP contribution in [0.5, 0.6) is 0 Å². The second-order valence-corrected chi connectivity index (χ2v) is 28.5. The summed E-state index contributed by atoms with van der Waals surface area (Å²) in [6.45, 7) is 4.06. The highest BCUT2D eigenvalue weighted by molar-refractivity contribution is 6.11. The van der Waals surface area contributed by atoms with Crippen molar-refractivity contribution in [1.29, 1.82) is 0 Å². The van der Waals surface area contributed by atoms with Crippen LogP contribution in [0.3, 0.4) is 0 Å². The molecule has 0 bridgehead atoms. The fourth-order valence-corrected chi connectivity index (χ4v) is 15.0. The molecule has 0 atom stereocenters. The lowest BCUT2D eigenvalue weighted by Gasteiger charge is -2.13. The molecule has 0 amide bonds. The zero-order valence-electron chi connectivity index (χ0n) is 62.6. The number of aromatic nitrogens is 9. The van der Waals surface area contributed by atoms with E-state index < -0.39 is 0 Å². The van der Waals surface area contributed by atoms with E-state index >= 15 is 0 Å². The summed E-state index contributed by atoms with van der Waals surface area (Å²) < 4.78 is 0. The van der Waals surface area contributed by atoms with Gasteiger partial charge < -0.3 is 0 Å². The molecule has 9 nitrogen and oxygen atoms in total. The summed E-state index contributed by atoms with van der Waals surface area (Å²) in [5.74, 6) is 2.59. The summed E-state index contributed by atoms with van der Waals surface area (Å²) in [4.78, 5) is 45.3. The number of hydrogen-bond donors (Lipinski definition) is 0. The molecule has 0 saturated heterocycles. The Labute approximate surface area is 661 Å². The summed E-state index contributed by atoms with van der Waals surface area (Å²) in [7, 11) is 0. The molecule has 6 heterocycles. The van der Waals surface area contributed by atoms with Crippen LogP contribution < -0.4 is 0 Å². The van der Waals surface area contributed by atoms with Gasteiger partial charge in [-0.05, 0) is 111 Å². The summed E-state index contributed by atoms with van der Waals surface area (Å²) in [5.41, 5.74) is 30.9. The van der Waals surface area contributed by atoms with Crippen LogP contribution in [0.4, 0.5) is 0 Å². The molecule has 9 heteroatoms. The molecule has 20 aromatic rings. The van der Waals surface area contributed by atoms with Crippen molar-refractivity contribution in [2.45, 2.75) is 13.8 Å². The fourth-order valence-electron chi connectivity index (χ4n) is 15.0. The number of fused-ring (bicyclic) bond motifs is 6. The van der Waals surface area contributed by atoms with E-state index in [0.717, 1.165) is 172 Å². The molecule has 0 fully saturated rings. The third-order valence-electron chi connectivity index (χ3n) is 21.0. The molecule has 14 aromatic carbocycles. The molecule has 20 rings (SSSR count). The van der Waals surface area contributed by atoms with Gasteiger partial charge in [0.15, 0.2) is 23.3 Å². The molecule has 0 aliphatic rings. The highest BCUT2D eigenvalue weighted by Gasteiger charge is 2.20. The average molecular weight is 1460 g/mol. The summed E-state index contributed by atoms with van der Waals surface area (Å²) in [6, 6.07) is 137. The van der Waals surface area contributed by atoms with Gasteiger partial charge in [-0.15, -0.1) is 0 Å². The van der Waals surface area contributed by atoms with Gasteiger partial charge in [-0.25, -0.2) is 34.9 Å². The van der Waals surface area contributed by atoms with Crippen LogP contribution in [-0.2, 0) is 0 Å². The van der Waals surface area contributed by atoms with Gasteiger partial charge in [0.05, 0.1) is 44.8 Å². The van der Waals surface area contributed by atoms with Gasteiger partial charge in [0.1, 0.15) is 0 Å². The zero-order chi connectivity index (χ0) is 76.3. The normalized spacial score (nSPS) is 11.2. The Bertz CT molecular complexity index is 6460. The van der Waals surface area contributed by atoms with Crippen molar-refractivity contribution < 1.29 is 0 Å². The Morgan fingerprint density at radius 2 is 0.368 bits per heavy atom.